The number of nitrogens with one attached hydrogen (secondary N) is 1. The largest absolute Gasteiger partial charge is 0.496 e. The van der Waals surface area contributed by atoms with E-state index in [0.29, 0.717) is 0 Å². The van der Waals surface area contributed by atoms with Gasteiger partial charge in [0.05, 0.1) is 11.6 Å². The van der Waals surface area contributed by atoms with Crippen LogP contribution in [0.4, 0.5) is 0 Å². The first kappa shape index (κ1) is 15.0. The Kier molecular flexibility index (Phi) is 5.15. The molecule has 1 atom stereocenters. The number of nitrogens with zero attached hydrogens (tertiary/aromatic N) is 1. The lowest BCUT2D eigenvalue weighted by Crippen LogP contribution is -2.18. The lowest BCUT2D eigenvalue weighted by atomic mass is 10.1. The van der Waals surface area contributed by atoms with Gasteiger partial charge in [0, 0.05) is 25.0 Å². The first-order valence-electron chi connectivity index (χ1n) is 6.58. The molecular weight excluding hydrogens is 316 g/mol. The van der Waals surface area contributed by atoms with Gasteiger partial charge in [-0.25, -0.2) is 0 Å². The van der Waals surface area contributed by atoms with Crippen molar-refractivity contribution in [2.75, 3.05) is 7.11 Å². The Morgan fingerprint density at radius 2 is 2.15 bits per heavy atom. The Morgan fingerprint density at radius 1 is 1.35 bits per heavy atom. The fraction of sp³-hybridized carbons (Fsp3) is 0.312. The van der Waals surface area contributed by atoms with Crippen LogP contribution < -0.4 is 10.1 Å². The van der Waals surface area contributed by atoms with Gasteiger partial charge in [-0.2, -0.15) is 0 Å². The highest BCUT2D eigenvalue weighted by atomic mass is 79.9. The summed E-state index contributed by atoms with van der Waals surface area (Å²) >= 11 is 3.52. The van der Waals surface area contributed by atoms with E-state index >= 15 is 0 Å². The van der Waals surface area contributed by atoms with Crippen LogP contribution in [0.15, 0.2) is 41.1 Å². The maximum absolute atomic E-state index is 5.25. The molecule has 0 saturated carbocycles. The van der Waals surface area contributed by atoms with Crippen molar-refractivity contribution in [2.24, 2.45) is 0 Å². The second-order valence-electron chi connectivity index (χ2n) is 4.80. The van der Waals surface area contributed by atoms with Gasteiger partial charge in [-0.05, 0) is 64.7 Å². The Balaban J connectivity index is 2.03. The molecule has 1 N–H and O–H groups in total. The van der Waals surface area contributed by atoms with E-state index in [1.54, 1.807) is 7.11 Å². The van der Waals surface area contributed by atoms with Crippen molar-refractivity contribution in [3.63, 3.8) is 0 Å². The quantitative estimate of drug-likeness (QED) is 0.896. The van der Waals surface area contributed by atoms with Crippen LogP contribution in [0.5, 0.6) is 5.75 Å². The molecule has 3 nitrogen and oxygen atoms in total. The van der Waals surface area contributed by atoms with Gasteiger partial charge in [0.25, 0.3) is 0 Å². The van der Waals surface area contributed by atoms with Gasteiger partial charge in [-0.15, -0.1) is 0 Å². The zero-order valence-corrected chi connectivity index (χ0v) is 13.6. The van der Waals surface area contributed by atoms with Crippen molar-refractivity contribution in [1.82, 2.24) is 10.3 Å². The van der Waals surface area contributed by atoms with E-state index in [0.717, 1.165) is 16.8 Å². The molecule has 0 spiro atoms. The summed E-state index contributed by atoms with van der Waals surface area (Å²) in [6.07, 6.45) is 3.73. The maximum Gasteiger partial charge on any atom is 0.133 e. The zero-order valence-electron chi connectivity index (χ0n) is 12.0. The summed E-state index contributed by atoms with van der Waals surface area (Å²) in [4.78, 5) is 4.11. The van der Waals surface area contributed by atoms with E-state index in [9.17, 15) is 0 Å². The van der Waals surface area contributed by atoms with Crippen LogP contribution in [-0.2, 0) is 6.54 Å². The molecule has 0 aliphatic heterocycles. The van der Waals surface area contributed by atoms with Crippen molar-refractivity contribution in [1.29, 1.82) is 0 Å². The first-order valence-corrected chi connectivity index (χ1v) is 7.37. The van der Waals surface area contributed by atoms with E-state index in [2.05, 4.69) is 58.3 Å². The minimum absolute atomic E-state index is 0.268. The third-order valence-corrected chi connectivity index (χ3v) is 4.03. The van der Waals surface area contributed by atoms with E-state index in [-0.39, 0.29) is 6.04 Å². The Hall–Kier alpha value is -1.39. The van der Waals surface area contributed by atoms with Crippen LogP contribution in [0.3, 0.4) is 0 Å². The summed E-state index contributed by atoms with van der Waals surface area (Å²) in [5, 5.41) is 3.53. The van der Waals surface area contributed by atoms with Gasteiger partial charge in [0.15, 0.2) is 0 Å². The SMILES string of the molecule is COc1ccc(C(C)NCc2ccncc2C)cc1Br. The molecule has 0 fully saturated rings. The molecule has 0 saturated heterocycles. The van der Waals surface area contributed by atoms with Crippen molar-refractivity contribution >= 4 is 15.9 Å². The number of aromatic nitrogens is 1. The minimum Gasteiger partial charge on any atom is -0.496 e. The summed E-state index contributed by atoms with van der Waals surface area (Å²) in [6, 6.07) is 8.48. The van der Waals surface area contributed by atoms with Crippen LogP contribution in [0.1, 0.15) is 29.7 Å². The van der Waals surface area contributed by atoms with Crippen molar-refractivity contribution in [3.05, 3.63) is 57.8 Å². The average Bonchev–Trinajstić information content (AvgIpc) is 2.46. The number of ether oxygens (including phenoxy) is 1. The Labute approximate surface area is 128 Å². The van der Waals surface area contributed by atoms with Gasteiger partial charge in [-0.1, -0.05) is 6.07 Å². The molecule has 1 unspecified atom stereocenters. The topological polar surface area (TPSA) is 34.1 Å². The smallest absolute Gasteiger partial charge is 0.133 e. The first-order chi connectivity index (χ1) is 9.61. The second-order valence-corrected chi connectivity index (χ2v) is 5.65. The fourth-order valence-corrected chi connectivity index (χ4v) is 2.59. The number of methoxy groups -OCH3 is 1. The van der Waals surface area contributed by atoms with Crippen LogP contribution >= 0.6 is 15.9 Å². The Morgan fingerprint density at radius 3 is 2.80 bits per heavy atom. The standard InChI is InChI=1S/C16H19BrN2O/c1-11-9-18-7-6-14(11)10-19-12(2)13-4-5-16(20-3)15(17)8-13/h4-9,12,19H,10H2,1-3H3. The number of hydrogen-bond acceptors (Lipinski definition) is 3. The molecule has 2 rings (SSSR count). The number of aryl methyl sites for hydroxylation is 1. The number of pyridine rings is 1. The van der Waals surface area contributed by atoms with Crippen LogP contribution in [0.25, 0.3) is 0 Å². The number of benzene rings is 1. The summed E-state index contributed by atoms with van der Waals surface area (Å²) in [5.74, 6) is 0.853. The van der Waals surface area contributed by atoms with Crippen molar-refractivity contribution < 1.29 is 4.74 Å². The molecule has 106 valence electrons. The van der Waals surface area contributed by atoms with Gasteiger partial charge in [-0.3, -0.25) is 4.98 Å². The summed E-state index contributed by atoms with van der Waals surface area (Å²) in [5.41, 5.74) is 3.71. The molecule has 1 heterocycles. The van der Waals surface area contributed by atoms with Crippen molar-refractivity contribution in [3.8, 4) is 5.75 Å². The Bertz CT molecular complexity index is 586. The minimum atomic E-state index is 0.268. The predicted octanol–water partition coefficient (Wildman–Crippen LogP) is 4.01. The lowest BCUT2D eigenvalue weighted by Gasteiger charge is -2.16. The monoisotopic (exact) mass is 334 g/mol. The highest BCUT2D eigenvalue weighted by Gasteiger charge is 2.08. The molecule has 0 aliphatic rings. The van der Waals surface area contributed by atoms with E-state index in [4.69, 9.17) is 4.74 Å². The van der Waals surface area contributed by atoms with Gasteiger partial charge < -0.3 is 10.1 Å². The molecule has 4 heteroatoms. The lowest BCUT2D eigenvalue weighted by molar-refractivity contribution is 0.411. The highest BCUT2D eigenvalue weighted by Crippen LogP contribution is 2.28. The van der Waals surface area contributed by atoms with Crippen LogP contribution in [0, 0.1) is 6.92 Å². The molecule has 0 bridgehead atoms. The van der Waals surface area contributed by atoms with Crippen molar-refractivity contribution in [2.45, 2.75) is 26.4 Å². The van der Waals surface area contributed by atoms with Gasteiger partial charge in [0.1, 0.15) is 5.75 Å². The van der Waals surface area contributed by atoms with Gasteiger partial charge in [0.2, 0.25) is 0 Å². The summed E-state index contributed by atoms with van der Waals surface area (Å²) in [6.45, 7) is 5.07. The zero-order chi connectivity index (χ0) is 14.5. The molecule has 0 radical (unpaired) electrons. The molecular formula is C16H19BrN2O. The molecule has 0 aliphatic carbocycles. The number of hydrogen-bond donors (Lipinski definition) is 1. The van der Waals surface area contributed by atoms with Gasteiger partial charge >= 0.3 is 0 Å². The molecule has 0 amide bonds. The third kappa shape index (κ3) is 3.58. The predicted molar refractivity (Wildman–Crippen MR) is 84.9 cm³/mol. The van der Waals surface area contributed by atoms with Crippen LogP contribution in [-0.4, -0.2) is 12.1 Å². The summed E-state index contributed by atoms with van der Waals surface area (Å²) < 4.78 is 6.23. The fourth-order valence-electron chi connectivity index (χ4n) is 2.03. The summed E-state index contributed by atoms with van der Waals surface area (Å²) in [7, 11) is 1.67. The molecule has 2 aromatic rings. The van der Waals surface area contributed by atoms with E-state index in [1.165, 1.54) is 16.7 Å². The maximum atomic E-state index is 5.25. The number of halogens is 1. The second kappa shape index (κ2) is 6.86. The molecule has 1 aromatic carbocycles. The third-order valence-electron chi connectivity index (χ3n) is 3.41. The van der Waals surface area contributed by atoms with Crippen LogP contribution in [0.2, 0.25) is 0 Å². The number of rotatable bonds is 5. The van der Waals surface area contributed by atoms with E-state index in [1.807, 2.05) is 18.5 Å². The normalized spacial score (nSPS) is 12.2. The molecule has 20 heavy (non-hydrogen) atoms. The molecule has 1 aromatic heterocycles. The highest BCUT2D eigenvalue weighted by molar-refractivity contribution is 9.10. The average molecular weight is 335 g/mol. The van der Waals surface area contributed by atoms with E-state index < -0.39 is 0 Å².